The Bertz CT molecular complexity index is 634. The normalized spacial score (nSPS) is 12.2. The van der Waals surface area contributed by atoms with Crippen molar-refractivity contribution in [1.29, 1.82) is 0 Å². The second-order valence-corrected chi connectivity index (χ2v) is 6.01. The van der Waals surface area contributed by atoms with Gasteiger partial charge in [0, 0.05) is 33.4 Å². The van der Waals surface area contributed by atoms with E-state index in [2.05, 4.69) is 26.3 Å². The molecule has 1 atom stereocenters. The monoisotopic (exact) mass is 355 g/mol. The van der Waals surface area contributed by atoms with Crippen LogP contribution in [-0.2, 0) is 7.05 Å². The van der Waals surface area contributed by atoms with Gasteiger partial charge in [-0.25, -0.2) is 0 Å². The first-order valence-corrected chi connectivity index (χ1v) is 7.31. The Morgan fingerprint density at radius 2 is 2.15 bits per heavy atom. The maximum absolute atomic E-state index is 12.2. The van der Waals surface area contributed by atoms with Crippen LogP contribution in [0.2, 0.25) is 5.02 Å². The summed E-state index contributed by atoms with van der Waals surface area (Å²) in [7, 11) is 1.88. The van der Waals surface area contributed by atoms with E-state index in [0.29, 0.717) is 10.6 Å². The van der Waals surface area contributed by atoms with Crippen molar-refractivity contribution in [3.63, 3.8) is 0 Å². The fraction of sp³-hybridized carbons (Fsp3) is 0.286. The summed E-state index contributed by atoms with van der Waals surface area (Å²) in [6, 6.07) is 5.01. The molecule has 0 aliphatic carbocycles. The van der Waals surface area contributed by atoms with Crippen LogP contribution >= 0.6 is 27.5 Å². The predicted molar refractivity (Wildman–Crippen MR) is 83.0 cm³/mol. The molecule has 0 aliphatic heterocycles. The summed E-state index contributed by atoms with van der Waals surface area (Å²) in [4.78, 5) is 12.2. The molecule has 1 N–H and O–H groups in total. The lowest BCUT2D eigenvalue weighted by atomic mass is 10.1. The maximum Gasteiger partial charge on any atom is 0.251 e. The smallest absolute Gasteiger partial charge is 0.251 e. The average molecular weight is 357 g/mol. The van der Waals surface area contributed by atoms with Gasteiger partial charge in [0.05, 0.1) is 12.2 Å². The van der Waals surface area contributed by atoms with E-state index in [1.165, 1.54) is 0 Å². The number of benzene rings is 1. The van der Waals surface area contributed by atoms with Gasteiger partial charge < -0.3 is 5.32 Å². The largest absolute Gasteiger partial charge is 0.345 e. The highest BCUT2D eigenvalue weighted by Gasteiger charge is 2.16. The van der Waals surface area contributed by atoms with Crippen LogP contribution in [0, 0.1) is 6.92 Å². The van der Waals surface area contributed by atoms with Crippen LogP contribution in [0.1, 0.15) is 34.6 Å². The molecule has 20 heavy (non-hydrogen) atoms. The summed E-state index contributed by atoms with van der Waals surface area (Å²) in [5.41, 5.74) is 2.56. The summed E-state index contributed by atoms with van der Waals surface area (Å²) in [5.74, 6) is -0.163. The van der Waals surface area contributed by atoms with E-state index in [9.17, 15) is 4.79 Å². The maximum atomic E-state index is 12.2. The van der Waals surface area contributed by atoms with Crippen LogP contribution in [-0.4, -0.2) is 15.7 Å². The fourth-order valence-corrected chi connectivity index (χ4v) is 2.84. The van der Waals surface area contributed by atoms with E-state index in [-0.39, 0.29) is 11.9 Å². The summed E-state index contributed by atoms with van der Waals surface area (Å²) >= 11 is 9.28. The summed E-state index contributed by atoms with van der Waals surface area (Å²) < 4.78 is 2.56. The van der Waals surface area contributed by atoms with Gasteiger partial charge in [-0.05, 0) is 32.0 Å². The van der Waals surface area contributed by atoms with E-state index in [0.717, 1.165) is 15.7 Å². The lowest BCUT2D eigenvalue weighted by Gasteiger charge is -2.14. The number of rotatable bonds is 3. The number of aromatic nitrogens is 2. The molecule has 1 heterocycles. The van der Waals surface area contributed by atoms with Crippen LogP contribution in [0.3, 0.4) is 0 Å². The minimum Gasteiger partial charge on any atom is -0.345 e. The van der Waals surface area contributed by atoms with Crippen molar-refractivity contribution in [3.05, 3.63) is 50.7 Å². The summed E-state index contributed by atoms with van der Waals surface area (Å²) in [6.45, 7) is 3.91. The van der Waals surface area contributed by atoms with Gasteiger partial charge >= 0.3 is 0 Å². The lowest BCUT2D eigenvalue weighted by molar-refractivity contribution is 0.0939. The van der Waals surface area contributed by atoms with Gasteiger partial charge in [0.1, 0.15) is 0 Å². The third-order valence-corrected chi connectivity index (χ3v) is 3.89. The second kappa shape index (κ2) is 5.97. The molecule has 1 unspecified atom stereocenters. The van der Waals surface area contributed by atoms with Crippen molar-refractivity contribution in [1.82, 2.24) is 15.1 Å². The Kier molecular flexibility index (Phi) is 4.50. The van der Waals surface area contributed by atoms with E-state index in [4.69, 9.17) is 11.6 Å². The molecule has 2 aromatic rings. The van der Waals surface area contributed by atoms with Gasteiger partial charge in [-0.15, -0.1) is 0 Å². The average Bonchev–Trinajstić information content (AvgIpc) is 2.68. The van der Waals surface area contributed by atoms with Gasteiger partial charge in [-0.3, -0.25) is 9.48 Å². The number of hydrogen-bond acceptors (Lipinski definition) is 2. The first-order chi connectivity index (χ1) is 9.38. The minimum absolute atomic E-state index is 0.117. The van der Waals surface area contributed by atoms with E-state index < -0.39 is 0 Å². The van der Waals surface area contributed by atoms with Crippen molar-refractivity contribution >= 4 is 33.4 Å². The fourth-order valence-electron chi connectivity index (χ4n) is 1.98. The number of aryl methyl sites for hydroxylation is 1. The van der Waals surface area contributed by atoms with Gasteiger partial charge in [-0.1, -0.05) is 27.5 Å². The lowest BCUT2D eigenvalue weighted by Crippen LogP contribution is -2.27. The van der Waals surface area contributed by atoms with Gasteiger partial charge in [0.2, 0.25) is 0 Å². The van der Waals surface area contributed by atoms with Crippen molar-refractivity contribution in [2.24, 2.45) is 7.05 Å². The molecule has 106 valence electrons. The molecular formula is C14H15BrClN3O. The van der Waals surface area contributed by atoms with Crippen molar-refractivity contribution < 1.29 is 4.79 Å². The summed E-state index contributed by atoms with van der Waals surface area (Å²) in [6.07, 6.45) is 1.77. The Morgan fingerprint density at radius 1 is 1.45 bits per heavy atom. The predicted octanol–water partition coefficient (Wildman–Crippen LogP) is 3.64. The molecule has 0 fully saturated rings. The number of carbonyl (C=O) groups is 1. The number of hydrogen-bond donors (Lipinski definition) is 1. The third-order valence-electron chi connectivity index (χ3n) is 3.21. The molecule has 1 amide bonds. The van der Waals surface area contributed by atoms with Gasteiger partial charge in [0.25, 0.3) is 5.91 Å². The standard InChI is InChI=1S/C14H15BrClN3O/c1-8(13-7-17-19(3)9(13)2)18-14(20)10-4-11(15)6-12(16)5-10/h4-8H,1-3H3,(H,18,20). The Balaban J connectivity index is 2.17. The second-order valence-electron chi connectivity index (χ2n) is 4.66. The highest BCUT2D eigenvalue weighted by Crippen LogP contribution is 2.21. The molecule has 4 nitrogen and oxygen atoms in total. The van der Waals surface area contributed by atoms with Crippen molar-refractivity contribution in [2.45, 2.75) is 19.9 Å². The van der Waals surface area contributed by atoms with Crippen molar-refractivity contribution in [2.75, 3.05) is 0 Å². The number of nitrogens with zero attached hydrogens (tertiary/aromatic N) is 2. The number of nitrogens with one attached hydrogen (secondary N) is 1. The Labute approximate surface area is 131 Å². The minimum atomic E-state index is -0.163. The third kappa shape index (κ3) is 3.22. The molecule has 0 bridgehead atoms. The zero-order valence-corrected chi connectivity index (χ0v) is 13.8. The molecule has 6 heteroatoms. The Hall–Kier alpha value is -1.33. The highest BCUT2D eigenvalue weighted by atomic mass is 79.9. The van der Waals surface area contributed by atoms with Gasteiger partial charge in [-0.2, -0.15) is 5.10 Å². The van der Waals surface area contributed by atoms with Gasteiger partial charge in [0.15, 0.2) is 0 Å². The topological polar surface area (TPSA) is 46.9 Å². The van der Waals surface area contributed by atoms with Crippen molar-refractivity contribution in [3.8, 4) is 0 Å². The number of carbonyl (C=O) groups excluding carboxylic acids is 1. The highest BCUT2D eigenvalue weighted by molar-refractivity contribution is 9.10. The molecule has 0 radical (unpaired) electrons. The van der Waals surface area contributed by atoms with E-state index >= 15 is 0 Å². The van der Waals surface area contributed by atoms with Crippen LogP contribution in [0.25, 0.3) is 0 Å². The molecule has 2 rings (SSSR count). The molecule has 0 spiro atoms. The number of amides is 1. The zero-order valence-electron chi connectivity index (χ0n) is 11.4. The first-order valence-electron chi connectivity index (χ1n) is 6.14. The first kappa shape index (κ1) is 15.1. The molecule has 0 saturated heterocycles. The Morgan fingerprint density at radius 3 is 2.70 bits per heavy atom. The van der Waals surface area contributed by atoms with Crippen LogP contribution in [0.5, 0.6) is 0 Å². The quantitative estimate of drug-likeness (QED) is 0.913. The van der Waals surface area contributed by atoms with E-state index in [1.807, 2.05) is 20.9 Å². The molecule has 1 aromatic heterocycles. The molecular weight excluding hydrogens is 342 g/mol. The van der Waals surface area contributed by atoms with E-state index in [1.54, 1.807) is 29.1 Å². The molecule has 0 aliphatic rings. The summed E-state index contributed by atoms with van der Waals surface area (Å²) in [5, 5.41) is 7.65. The SMILES string of the molecule is Cc1c(C(C)NC(=O)c2cc(Cl)cc(Br)c2)cnn1C. The van der Waals surface area contributed by atoms with Crippen LogP contribution in [0.15, 0.2) is 28.9 Å². The zero-order chi connectivity index (χ0) is 14.9. The van der Waals surface area contributed by atoms with Crippen LogP contribution in [0.4, 0.5) is 0 Å². The molecule has 1 aromatic carbocycles. The molecule has 0 saturated carbocycles. The van der Waals surface area contributed by atoms with Crippen LogP contribution < -0.4 is 5.32 Å². The number of halogens is 2.